The molecule has 0 bridgehead atoms. The van der Waals surface area contributed by atoms with Crippen molar-refractivity contribution < 1.29 is 19.0 Å². The summed E-state index contributed by atoms with van der Waals surface area (Å²) >= 11 is 0. The molecule has 120 valence electrons. The van der Waals surface area contributed by atoms with Crippen LogP contribution in [0.1, 0.15) is 12.8 Å². The molecule has 0 aliphatic carbocycles. The van der Waals surface area contributed by atoms with Gasteiger partial charge in [0.25, 0.3) is 0 Å². The predicted octanol–water partition coefficient (Wildman–Crippen LogP) is 1.17. The molecule has 2 N–H and O–H groups in total. The number of benzene rings is 1. The minimum absolute atomic E-state index is 0.335. The summed E-state index contributed by atoms with van der Waals surface area (Å²) in [4.78, 5) is 13.7. The normalized spacial score (nSPS) is 21.5. The highest BCUT2D eigenvalue weighted by atomic mass is 16.6. The van der Waals surface area contributed by atoms with Crippen LogP contribution in [0, 0.1) is 5.92 Å². The minimum atomic E-state index is -0.532. The first kappa shape index (κ1) is 15.0. The van der Waals surface area contributed by atoms with E-state index in [1.807, 2.05) is 12.1 Å². The van der Waals surface area contributed by atoms with Crippen LogP contribution in [0.5, 0.6) is 11.5 Å². The summed E-state index contributed by atoms with van der Waals surface area (Å²) in [5, 5.41) is 0. The number of ether oxygens (including phenoxy) is 3. The molecule has 2 atom stereocenters. The first-order valence-electron chi connectivity index (χ1n) is 7.65. The van der Waals surface area contributed by atoms with Crippen LogP contribution in [0.4, 0.5) is 5.69 Å². The summed E-state index contributed by atoms with van der Waals surface area (Å²) in [6.07, 6.45) is 1.69. The number of carbonyl (C=O) groups is 1. The van der Waals surface area contributed by atoms with Gasteiger partial charge in [-0.2, -0.15) is 0 Å². The molecule has 1 aromatic carbocycles. The molecular formula is C16H22N2O4. The Bertz CT molecular complexity index is 549. The zero-order valence-electron chi connectivity index (χ0n) is 12.8. The van der Waals surface area contributed by atoms with Crippen molar-refractivity contribution in [3.63, 3.8) is 0 Å². The molecule has 1 fully saturated rings. The Kier molecular flexibility index (Phi) is 4.38. The highest BCUT2D eigenvalue weighted by molar-refractivity contribution is 5.75. The number of rotatable bonds is 4. The van der Waals surface area contributed by atoms with Crippen molar-refractivity contribution in [3.05, 3.63) is 18.2 Å². The third-order valence-corrected chi connectivity index (χ3v) is 4.27. The molecule has 2 aliphatic rings. The second-order valence-electron chi connectivity index (χ2n) is 5.79. The van der Waals surface area contributed by atoms with Crippen molar-refractivity contribution in [2.75, 3.05) is 38.3 Å². The zero-order chi connectivity index (χ0) is 15.5. The molecule has 0 spiro atoms. The van der Waals surface area contributed by atoms with E-state index in [4.69, 9.17) is 15.2 Å². The number of fused-ring (bicyclic) bond motifs is 1. The van der Waals surface area contributed by atoms with Gasteiger partial charge in [-0.1, -0.05) is 0 Å². The Balaban J connectivity index is 1.61. The third-order valence-electron chi connectivity index (χ3n) is 4.27. The van der Waals surface area contributed by atoms with Crippen LogP contribution in [0.2, 0.25) is 0 Å². The van der Waals surface area contributed by atoms with Crippen molar-refractivity contribution in [3.8, 4) is 11.5 Å². The van der Waals surface area contributed by atoms with Crippen LogP contribution in [-0.2, 0) is 9.53 Å². The van der Waals surface area contributed by atoms with E-state index in [1.165, 1.54) is 7.11 Å². The molecular weight excluding hydrogens is 284 g/mol. The molecule has 0 radical (unpaired) electrons. The van der Waals surface area contributed by atoms with E-state index in [2.05, 4.69) is 15.7 Å². The van der Waals surface area contributed by atoms with Gasteiger partial charge in [-0.3, -0.25) is 4.79 Å². The van der Waals surface area contributed by atoms with Crippen molar-refractivity contribution in [1.82, 2.24) is 0 Å². The highest BCUT2D eigenvalue weighted by Crippen LogP contribution is 2.36. The maximum atomic E-state index is 11.4. The van der Waals surface area contributed by atoms with Crippen LogP contribution in [0.25, 0.3) is 0 Å². The van der Waals surface area contributed by atoms with Crippen molar-refractivity contribution >= 4 is 11.7 Å². The van der Waals surface area contributed by atoms with Gasteiger partial charge in [0.05, 0.1) is 7.11 Å². The lowest BCUT2D eigenvalue weighted by Gasteiger charge is -2.23. The van der Waals surface area contributed by atoms with E-state index in [0.29, 0.717) is 25.6 Å². The summed E-state index contributed by atoms with van der Waals surface area (Å²) in [7, 11) is 1.37. The molecule has 1 aromatic rings. The van der Waals surface area contributed by atoms with Gasteiger partial charge in [0.15, 0.2) is 11.5 Å². The van der Waals surface area contributed by atoms with Crippen molar-refractivity contribution in [2.45, 2.75) is 18.9 Å². The van der Waals surface area contributed by atoms with Gasteiger partial charge in [-0.15, -0.1) is 0 Å². The van der Waals surface area contributed by atoms with Gasteiger partial charge in [-0.25, -0.2) is 0 Å². The van der Waals surface area contributed by atoms with Crippen LogP contribution in [0.3, 0.4) is 0 Å². The lowest BCUT2D eigenvalue weighted by Crippen LogP contribution is -2.34. The number of esters is 1. The van der Waals surface area contributed by atoms with Gasteiger partial charge >= 0.3 is 5.97 Å². The van der Waals surface area contributed by atoms with Gasteiger partial charge < -0.3 is 24.8 Å². The molecule has 0 aromatic heterocycles. The van der Waals surface area contributed by atoms with Crippen LogP contribution < -0.4 is 20.1 Å². The minimum Gasteiger partial charge on any atom is -0.486 e. The Hall–Kier alpha value is -1.95. The monoisotopic (exact) mass is 306 g/mol. The molecule has 2 unspecified atom stereocenters. The standard InChI is InChI=1S/C16H22N2O4/c1-20-16(19)13(17)8-11-4-5-18(10-11)12-2-3-14-15(9-12)22-7-6-21-14/h2-3,9,11,13H,4-8,10,17H2,1H3. The summed E-state index contributed by atoms with van der Waals surface area (Å²) < 4.78 is 15.9. The lowest BCUT2D eigenvalue weighted by molar-refractivity contribution is -0.142. The fraction of sp³-hybridized carbons (Fsp3) is 0.562. The topological polar surface area (TPSA) is 74.0 Å². The fourth-order valence-electron chi connectivity index (χ4n) is 3.10. The highest BCUT2D eigenvalue weighted by Gasteiger charge is 2.27. The number of hydrogen-bond donors (Lipinski definition) is 1. The summed E-state index contributed by atoms with van der Waals surface area (Å²) in [5.41, 5.74) is 6.98. The largest absolute Gasteiger partial charge is 0.486 e. The van der Waals surface area contributed by atoms with Crippen molar-refractivity contribution in [1.29, 1.82) is 0 Å². The van der Waals surface area contributed by atoms with E-state index in [0.717, 1.165) is 36.7 Å². The van der Waals surface area contributed by atoms with E-state index >= 15 is 0 Å². The summed E-state index contributed by atoms with van der Waals surface area (Å²) in [6.45, 7) is 3.04. The molecule has 22 heavy (non-hydrogen) atoms. The number of anilines is 1. The number of carbonyl (C=O) groups excluding carboxylic acids is 1. The smallest absolute Gasteiger partial charge is 0.322 e. The van der Waals surface area contributed by atoms with Gasteiger partial charge in [0.2, 0.25) is 0 Å². The Morgan fingerprint density at radius 2 is 2.18 bits per heavy atom. The third kappa shape index (κ3) is 3.11. The number of hydrogen-bond acceptors (Lipinski definition) is 6. The number of methoxy groups -OCH3 is 1. The molecule has 0 saturated carbocycles. The average Bonchev–Trinajstić information content (AvgIpc) is 3.02. The molecule has 2 heterocycles. The molecule has 6 nitrogen and oxygen atoms in total. The van der Waals surface area contributed by atoms with Crippen LogP contribution in [0.15, 0.2) is 18.2 Å². The first-order chi connectivity index (χ1) is 10.7. The van der Waals surface area contributed by atoms with Gasteiger partial charge in [0, 0.05) is 24.8 Å². The van der Waals surface area contributed by atoms with Crippen LogP contribution >= 0.6 is 0 Å². The second kappa shape index (κ2) is 6.44. The number of nitrogens with two attached hydrogens (primary N) is 1. The zero-order valence-corrected chi connectivity index (χ0v) is 12.8. The van der Waals surface area contributed by atoms with Gasteiger partial charge in [0.1, 0.15) is 19.3 Å². The van der Waals surface area contributed by atoms with E-state index in [9.17, 15) is 4.79 Å². The number of nitrogens with zero attached hydrogens (tertiary/aromatic N) is 1. The van der Waals surface area contributed by atoms with E-state index in [1.54, 1.807) is 0 Å². The van der Waals surface area contributed by atoms with Crippen LogP contribution in [-0.4, -0.2) is 45.4 Å². The summed E-state index contributed by atoms with van der Waals surface area (Å²) in [5.74, 6) is 1.68. The van der Waals surface area contributed by atoms with Gasteiger partial charge in [-0.05, 0) is 30.9 Å². The quantitative estimate of drug-likeness (QED) is 0.842. The van der Waals surface area contributed by atoms with E-state index in [-0.39, 0.29) is 5.97 Å². The first-order valence-corrected chi connectivity index (χ1v) is 7.65. The van der Waals surface area contributed by atoms with E-state index < -0.39 is 6.04 Å². The molecule has 1 saturated heterocycles. The second-order valence-corrected chi connectivity index (χ2v) is 5.79. The Morgan fingerprint density at radius 3 is 2.95 bits per heavy atom. The molecule has 6 heteroatoms. The molecule has 3 rings (SSSR count). The Morgan fingerprint density at radius 1 is 1.41 bits per heavy atom. The Labute approximate surface area is 130 Å². The predicted molar refractivity (Wildman–Crippen MR) is 82.4 cm³/mol. The fourth-order valence-corrected chi connectivity index (χ4v) is 3.10. The molecule has 0 amide bonds. The molecule has 2 aliphatic heterocycles. The van der Waals surface area contributed by atoms with Crippen molar-refractivity contribution in [2.24, 2.45) is 11.7 Å². The maximum absolute atomic E-state index is 11.4. The SMILES string of the molecule is COC(=O)C(N)CC1CCN(c2ccc3c(c2)OCCO3)C1. The lowest BCUT2D eigenvalue weighted by atomic mass is 10.00. The average molecular weight is 306 g/mol. The maximum Gasteiger partial charge on any atom is 0.322 e. The summed E-state index contributed by atoms with van der Waals surface area (Å²) in [6, 6.07) is 5.50.